The molecule has 2 heterocycles. The molecule has 0 saturated heterocycles. The molecule has 0 fully saturated rings. The van der Waals surface area contributed by atoms with Gasteiger partial charge in [-0.25, -0.2) is 4.79 Å². The molecule has 2 N–H and O–H groups in total. The highest BCUT2D eigenvalue weighted by atomic mass is 79.9. The first-order chi connectivity index (χ1) is 10.5. The Morgan fingerprint density at radius 3 is 2.82 bits per heavy atom. The average molecular weight is 359 g/mol. The molecule has 1 unspecified atom stereocenters. The van der Waals surface area contributed by atoms with Crippen LogP contribution >= 0.6 is 15.9 Å². The van der Waals surface area contributed by atoms with Crippen molar-refractivity contribution in [3.8, 4) is 11.8 Å². The fraction of sp³-hybridized carbons (Fsp3) is 0.125. The van der Waals surface area contributed by atoms with Gasteiger partial charge in [0.05, 0.1) is 11.5 Å². The number of aryl methyl sites for hydroxylation is 1. The van der Waals surface area contributed by atoms with Crippen LogP contribution in [-0.4, -0.2) is 0 Å². The number of hydrogen-bond acceptors (Lipinski definition) is 5. The quantitative estimate of drug-likeness (QED) is 0.846. The Kier molecular flexibility index (Phi) is 3.51. The van der Waals surface area contributed by atoms with E-state index in [1.165, 1.54) is 0 Å². The third-order valence-electron chi connectivity index (χ3n) is 3.44. The van der Waals surface area contributed by atoms with E-state index >= 15 is 0 Å². The molecule has 1 aliphatic rings. The second-order valence-electron chi connectivity index (χ2n) is 4.90. The number of rotatable bonds is 1. The summed E-state index contributed by atoms with van der Waals surface area (Å²) in [6.07, 6.45) is 0. The Morgan fingerprint density at radius 2 is 2.14 bits per heavy atom. The smallest absolute Gasteiger partial charge is 0.343 e. The van der Waals surface area contributed by atoms with Crippen LogP contribution in [0.15, 0.2) is 55.5 Å². The fourth-order valence-corrected chi connectivity index (χ4v) is 2.95. The van der Waals surface area contributed by atoms with Crippen LogP contribution in [-0.2, 0) is 0 Å². The summed E-state index contributed by atoms with van der Waals surface area (Å²) >= 11 is 3.39. The number of nitrogens with two attached hydrogens (primary N) is 1. The lowest BCUT2D eigenvalue weighted by atomic mass is 9.84. The van der Waals surface area contributed by atoms with Crippen molar-refractivity contribution in [3.05, 3.63) is 73.6 Å². The third-order valence-corrected chi connectivity index (χ3v) is 3.93. The Hall–Kier alpha value is -2.52. The second kappa shape index (κ2) is 5.35. The van der Waals surface area contributed by atoms with Gasteiger partial charge < -0.3 is 14.9 Å². The summed E-state index contributed by atoms with van der Waals surface area (Å²) < 4.78 is 11.4. The van der Waals surface area contributed by atoms with E-state index in [9.17, 15) is 10.1 Å². The highest BCUT2D eigenvalue weighted by Crippen LogP contribution is 2.40. The van der Waals surface area contributed by atoms with Gasteiger partial charge in [-0.1, -0.05) is 28.1 Å². The van der Waals surface area contributed by atoms with Gasteiger partial charge in [-0.2, -0.15) is 5.26 Å². The van der Waals surface area contributed by atoms with Crippen LogP contribution in [0.3, 0.4) is 0 Å². The maximum atomic E-state index is 12.3. The zero-order chi connectivity index (χ0) is 15.9. The van der Waals surface area contributed by atoms with Crippen LogP contribution in [0.1, 0.15) is 22.8 Å². The zero-order valence-electron chi connectivity index (χ0n) is 11.6. The first-order valence-electron chi connectivity index (χ1n) is 6.49. The molecule has 0 spiro atoms. The Balaban J connectivity index is 2.32. The molecule has 0 amide bonds. The second-order valence-corrected chi connectivity index (χ2v) is 5.82. The Labute approximate surface area is 134 Å². The fourth-order valence-electron chi connectivity index (χ4n) is 2.54. The lowest BCUT2D eigenvalue weighted by Gasteiger charge is -2.25. The molecule has 1 aromatic carbocycles. The Morgan fingerprint density at radius 1 is 1.36 bits per heavy atom. The highest BCUT2D eigenvalue weighted by molar-refractivity contribution is 9.10. The van der Waals surface area contributed by atoms with E-state index < -0.39 is 11.5 Å². The number of allylic oxidation sites excluding steroid dienone is 1. The van der Waals surface area contributed by atoms with E-state index in [-0.39, 0.29) is 17.0 Å². The standard InChI is InChI=1S/C16H11BrN2O3/c1-8-5-12-14(16(20)21-8)13(11(7-18)15(19)22-12)9-3-2-4-10(17)6-9/h2-6,13H,19H2,1H3. The van der Waals surface area contributed by atoms with Crippen LogP contribution < -0.4 is 16.1 Å². The molecule has 0 saturated carbocycles. The molecule has 22 heavy (non-hydrogen) atoms. The summed E-state index contributed by atoms with van der Waals surface area (Å²) in [5.74, 6) is 0.147. The molecular formula is C16H11BrN2O3. The van der Waals surface area contributed by atoms with E-state index in [0.29, 0.717) is 11.5 Å². The summed E-state index contributed by atoms with van der Waals surface area (Å²) in [7, 11) is 0. The van der Waals surface area contributed by atoms with Crippen molar-refractivity contribution < 1.29 is 9.15 Å². The normalized spacial score (nSPS) is 16.7. The molecule has 0 radical (unpaired) electrons. The van der Waals surface area contributed by atoms with Crippen molar-refractivity contribution in [2.45, 2.75) is 12.8 Å². The average Bonchev–Trinajstić information content (AvgIpc) is 2.45. The summed E-state index contributed by atoms with van der Waals surface area (Å²) in [4.78, 5) is 12.3. The van der Waals surface area contributed by atoms with Gasteiger partial charge in [-0.05, 0) is 24.6 Å². The van der Waals surface area contributed by atoms with Crippen molar-refractivity contribution in [3.63, 3.8) is 0 Å². The van der Waals surface area contributed by atoms with E-state index in [0.717, 1.165) is 10.0 Å². The summed E-state index contributed by atoms with van der Waals surface area (Å²) in [6.45, 7) is 1.65. The summed E-state index contributed by atoms with van der Waals surface area (Å²) in [5.41, 5.74) is 6.57. The number of ether oxygens (including phenoxy) is 1. The molecule has 110 valence electrons. The first-order valence-corrected chi connectivity index (χ1v) is 7.28. The molecule has 1 atom stereocenters. The minimum atomic E-state index is -0.608. The zero-order valence-corrected chi connectivity index (χ0v) is 13.2. The lowest BCUT2D eigenvalue weighted by molar-refractivity contribution is 0.371. The lowest BCUT2D eigenvalue weighted by Crippen LogP contribution is -2.26. The maximum absolute atomic E-state index is 12.3. The van der Waals surface area contributed by atoms with Gasteiger partial charge in [0.1, 0.15) is 23.2 Å². The minimum absolute atomic E-state index is 0.00461. The maximum Gasteiger partial charge on any atom is 0.343 e. The van der Waals surface area contributed by atoms with E-state index in [1.807, 2.05) is 30.3 Å². The summed E-state index contributed by atoms with van der Waals surface area (Å²) in [6, 6.07) is 11.0. The van der Waals surface area contributed by atoms with Crippen molar-refractivity contribution >= 4 is 15.9 Å². The van der Waals surface area contributed by atoms with Crippen LogP contribution in [0.4, 0.5) is 0 Å². The third kappa shape index (κ3) is 2.30. The van der Waals surface area contributed by atoms with E-state index in [2.05, 4.69) is 15.9 Å². The van der Waals surface area contributed by atoms with Gasteiger partial charge in [-0.3, -0.25) is 0 Å². The SMILES string of the molecule is Cc1cc2c(c(=O)o1)C(c1cccc(Br)c1)C(C#N)=C(N)O2. The van der Waals surface area contributed by atoms with Gasteiger partial charge in [-0.15, -0.1) is 0 Å². The van der Waals surface area contributed by atoms with Gasteiger partial charge in [0.15, 0.2) is 0 Å². The molecule has 1 aliphatic heterocycles. The molecule has 0 bridgehead atoms. The van der Waals surface area contributed by atoms with Gasteiger partial charge >= 0.3 is 5.63 Å². The molecule has 6 heteroatoms. The predicted octanol–water partition coefficient (Wildman–Crippen LogP) is 2.93. The van der Waals surface area contributed by atoms with E-state index in [1.54, 1.807) is 13.0 Å². The largest absolute Gasteiger partial charge is 0.440 e. The van der Waals surface area contributed by atoms with Crippen molar-refractivity contribution in [2.24, 2.45) is 5.73 Å². The number of hydrogen-bond donors (Lipinski definition) is 1. The minimum Gasteiger partial charge on any atom is -0.440 e. The van der Waals surface area contributed by atoms with Crippen molar-refractivity contribution in [1.82, 2.24) is 0 Å². The van der Waals surface area contributed by atoms with Gasteiger partial charge in [0.25, 0.3) is 0 Å². The molecular weight excluding hydrogens is 348 g/mol. The number of halogens is 1. The first kappa shape index (κ1) is 14.4. The summed E-state index contributed by atoms with van der Waals surface area (Å²) in [5, 5.41) is 9.42. The number of benzene rings is 1. The predicted molar refractivity (Wildman–Crippen MR) is 83.2 cm³/mol. The topological polar surface area (TPSA) is 89.2 Å². The number of nitrogens with zero attached hydrogens (tertiary/aromatic N) is 1. The Bertz CT molecular complexity index is 893. The van der Waals surface area contributed by atoms with Crippen LogP contribution in [0.5, 0.6) is 5.75 Å². The van der Waals surface area contributed by atoms with Crippen molar-refractivity contribution in [2.75, 3.05) is 0 Å². The molecule has 0 aliphatic carbocycles. The number of fused-ring (bicyclic) bond motifs is 1. The van der Waals surface area contributed by atoms with Gasteiger partial charge in [0.2, 0.25) is 5.88 Å². The van der Waals surface area contributed by atoms with E-state index in [4.69, 9.17) is 14.9 Å². The molecule has 2 aromatic rings. The molecule has 3 rings (SSSR count). The highest BCUT2D eigenvalue weighted by Gasteiger charge is 2.34. The van der Waals surface area contributed by atoms with Crippen LogP contribution in [0, 0.1) is 18.3 Å². The van der Waals surface area contributed by atoms with Crippen molar-refractivity contribution in [1.29, 1.82) is 5.26 Å². The van der Waals surface area contributed by atoms with Gasteiger partial charge in [0, 0.05) is 10.5 Å². The number of nitriles is 1. The monoisotopic (exact) mass is 358 g/mol. The molecule has 5 nitrogen and oxygen atoms in total. The van der Waals surface area contributed by atoms with Crippen LogP contribution in [0.25, 0.3) is 0 Å². The molecule has 1 aromatic heterocycles. The van der Waals surface area contributed by atoms with Crippen LogP contribution in [0.2, 0.25) is 0 Å².